The predicted molar refractivity (Wildman–Crippen MR) is 280 cm³/mol. The van der Waals surface area contributed by atoms with Gasteiger partial charge in [0, 0.05) is 19.3 Å². The molecule has 0 fully saturated rings. The number of hydrogen-bond acceptors (Lipinski definition) is 6. The number of rotatable bonds is 55. The molecule has 1 atom stereocenters. The summed E-state index contributed by atoms with van der Waals surface area (Å²) in [6, 6.07) is 0. The maximum Gasteiger partial charge on any atom is 0.306 e. The standard InChI is InChI=1S/C59H114O6/c1-4-7-10-13-15-17-18-19-20-21-22-23-24-25-26-27-28-29-30-31-32-33-34-35-36-37-38-39-40-42-43-46-49-52-58(61)64-55-56(54-63-57(60)51-48-45-12-9-6-3)65-59(62)53-50-47-44-41-16-14-11-8-5-2/h56H,4-55H2,1-3H3. The van der Waals surface area contributed by atoms with Crippen molar-refractivity contribution in [2.24, 2.45) is 0 Å². The molecule has 0 radical (unpaired) electrons. The highest BCUT2D eigenvalue weighted by Crippen LogP contribution is 2.18. The summed E-state index contributed by atoms with van der Waals surface area (Å²) >= 11 is 0. The average molecular weight is 920 g/mol. The van der Waals surface area contributed by atoms with Gasteiger partial charge in [0.2, 0.25) is 0 Å². The lowest BCUT2D eigenvalue weighted by Gasteiger charge is -2.18. The van der Waals surface area contributed by atoms with Crippen LogP contribution >= 0.6 is 0 Å². The highest BCUT2D eigenvalue weighted by molar-refractivity contribution is 5.71. The Morgan fingerprint density at radius 1 is 0.246 bits per heavy atom. The number of esters is 3. The van der Waals surface area contributed by atoms with Crippen molar-refractivity contribution in [3.63, 3.8) is 0 Å². The van der Waals surface area contributed by atoms with Gasteiger partial charge in [-0.25, -0.2) is 0 Å². The lowest BCUT2D eigenvalue weighted by molar-refractivity contribution is -0.167. The largest absolute Gasteiger partial charge is 0.462 e. The van der Waals surface area contributed by atoms with Crippen molar-refractivity contribution in [1.82, 2.24) is 0 Å². The van der Waals surface area contributed by atoms with Gasteiger partial charge in [-0.3, -0.25) is 14.4 Å². The summed E-state index contributed by atoms with van der Waals surface area (Å²) in [5.41, 5.74) is 0. The van der Waals surface area contributed by atoms with E-state index in [1.54, 1.807) is 0 Å². The fraction of sp³-hybridized carbons (Fsp3) is 0.949. The van der Waals surface area contributed by atoms with E-state index in [9.17, 15) is 14.4 Å². The van der Waals surface area contributed by atoms with E-state index >= 15 is 0 Å². The quantitative estimate of drug-likeness (QED) is 0.0344. The molecule has 0 heterocycles. The summed E-state index contributed by atoms with van der Waals surface area (Å²) in [5.74, 6) is -0.863. The Morgan fingerprint density at radius 2 is 0.415 bits per heavy atom. The summed E-state index contributed by atoms with van der Waals surface area (Å²) in [5, 5.41) is 0. The Morgan fingerprint density at radius 3 is 0.615 bits per heavy atom. The van der Waals surface area contributed by atoms with Crippen LogP contribution in [0.5, 0.6) is 0 Å². The Kier molecular flexibility index (Phi) is 53.7. The van der Waals surface area contributed by atoms with Crippen LogP contribution in [0.15, 0.2) is 0 Å². The third-order valence-electron chi connectivity index (χ3n) is 13.6. The molecule has 0 saturated carbocycles. The van der Waals surface area contributed by atoms with E-state index in [2.05, 4.69) is 20.8 Å². The Labute approximate surface area is 406 Å². The number of hydrogen-bond donors (Lipinski definition) is 0. The average Bonchev–Trinajstić information content (AvgIpc) is 3.30. The van der Waals surface area contributed by atoms with Crippen molar-refractivity contribution in [3.05, 3.63) is 0 Å². The van der Waals surface area contributed by atoms with Crippen molar-refractivity contribution in [2.75, 3.05) is 13.2 Å². The number of carbonyl (C=O) groups is 3. The minimum Gasteiger partial charge on any atom is -0.462 e. The van der Waals surface area contributed by atoms with Crippen LogP contribution in [0.25, 0.3) is 0 Å². The second kappa shape index (κ2) is 55.0. The molecule has 1 unspecified atom stereocenters. The fourth-order valence-electron chi connectivity index (χ4n) is 9.15. The van der Waals surface area contributed by atoms with Crippen molar-refractivity contribution in [3.8, 4) is 0 Å². The second-order valence-corrected chi connectivity index (χ2v) is 20.3. The van der Waals surface area contributed by atoms with E-state index in [0.29, 0.717) is 19.3 Å². The molecule has 0 aromatic rings. The molecule has 0 bridgehead atoms. The van der Waals surface area contributed by atoms with Crippen molar-refractivity contribution < 1.29 is 28.6 Å². The molecular formula is C59H114O6. The van der Waals surface area contributed by atoms with Gasteiger partial charge in [-0.15, -0.1) is 0 Å². The molecule has 0 aromatic heterocycles. The van der Waals surface area contributed by atoms with Crippen LogP contribution < -0.4 is 0 Å². The first kappa shape index (κ1) is 63.4. The van der Waals surface area contributed by atoms with Gasteiger partial charge in [-0.2, -0.15) is 0 Å². The lowest BCUT2D eigenvalue weighted by Crippen LogP contribution is -2.30. The summed E-state index contributed by atoms with van der Waals surface area (Å²) < 4.78 is 16.6. The third-order valence-corrected chi connectivity index (χ3v) is 13.6. The van der Waals surface area contributed by atoms with Crippen LogP contribution in [0.3, 0.4) is 0 Å². The molecule has 6 heteroatoms. The molecule has 0 rings (SSSR count). The van der Waals surface area contributed by atoms with Crippen LogP contribution in [0.1, 0.15) is 342 Å². The number of ether oxygens (including phenoxy) is 3. The van der Waals surface area contributed by atoms with E-state index in [-0.39, 0.29) is 31.1 Å². The minimum atomic E-state index is -0.757. The highest BCUT2D eigenvalue weighted by atomic mass is 16.6. The highest BCUT2D eigenvalue weighted by Gasteiger charge is 2.19. The zero-order valence-corrected chi connectivity index (χ0v) is 44.3. The monoisotopic (exact) mass is 919 g/mol. The molecule has 0 spiro atoms. The first-order valence-corrected chi connectivity index (χ1v) is 29.5. The summed E-state index contributed by atoms with van der Waals surface area (Å²) in [6.07, 6.45) is 61.9. The number of carbonyl (C=O) groups excluding carboxylic acids is 3. The van der Waals surface area contributed by atoms with Crippen molar-refractivity contribution in [2.45, 2.75) is 348 Å². The fourth-order valence-corrected chi connectivity index (χ4v) is 9.15. The predicted octanol–water partition coefficient (Wildman–Crippen LogP) is 19.5. The maximum absolute atomic E-state index is 12.6. The number of unbranched alkanes of at least 4 members (excludes halogenated alkanes) is 44. The third kappa shape index (κ3) is 53.2. The zero-order chi connectivity index (χ0) is 47.2. The molecule has 0 aromatic carbocycles. The SMILES string of the molecule is CCCCCCCCCCCCCCCCCCCCCCCCCCCCCCCCCCCC(=O)OCC(COC(=O)CCCCCCC)OC(=O)CCCCCCCCCCC. The van der Waals surface area contributed by atoms with Gasteiger partial charge in [0.05, 0.1) is 0 Å². The molecule has 0 aliphatic rings. The van der Waals surface area contributed by atoms with Gasteiger partial charge >= 0.3 is 17.9 Å². The molecule has 6 nitrogen and oxygen atoms in total. The molecule has 65 heavy (non-hydrogen) atoms. The molecule has 0 saturated heterocycles. The molecule has 386 valence electrons. The summed E-state index contributed by atoms with van der Waals surface area (Å²) in [4.78, 5) is 37.5. The Hall–Kier alpha value is -1.59. The second-order valence-electron chi connectivity index (χ2n) is 20.3. The topological polar surface area (TPSA) is 78.9 Å². The van der Waals surface area contributed by atoms with Gasteiger partial charge in [0.25, 0.3) is 0 Å². The minimum absolute atomic E-state index is 0.0637. The van der Waals surface area contributed by atoms with Gasteiger partial charge in [0.15, 0.2) is 6.10 Å². The molecule has 0 N–H and O–H groups in total. The first-order valence-electron chi connectivity index (χ1n) is 29.5. The smallest absolute Gasteiger partial charge is 0.306 e. The van der Waals surface area contributed by atoms with E-state index in [0.717, 1.165) is 64.2 Å². The van der Waals surface area contributed by atoms with Gasteiger partial charge < -0.3 is 14.2 Å². The van der Waals surface area contributed by atoms with Crippen LogP contribution in [-0.4, -0.2) is 37.2 Å². The van der Waals surface area contributed by atoms with Gasteiger partial charge in [0.1, 0.15) is 13.2 Å². The van der Waals surface area contributed by atoms with Crippen molar-refractivity contribution >= 4 is 17.9 Å². The van der Waals surface area contributed by atoms with Crippen LogP contribution in [-0.2, 0) is 28.6 Å². The van der Waals surface area contributed by atoms with Gasteiger partial charge in [-0.05, 0) is 19.3 Å². The molecule has 0 aliphatic carbocycles. The normalized spacial score (nSPS) is 11.9. The Bertz CT molecular complexity index is 967. The first-order chi connectivity index (χ1) is 32.0. The van der Waals surface area contributed by atoms with E-state index in [4.69, 9.17) is 14.2 Å². The molecule has 0 amide bonds. The maximum atomic E-state index is 12.6. The van der Waals surface area contributed by atoms with E-state index in [1.165, 1.54) is 238 Å². The van der Waals surface area contributed by atoms with E-state index < -0.39 is 6.10 Å². The van der Waals surface area contributed by atoms with Crippen LogP contribution in [0.2, 0.25) is 0 Å². The lowest BCUT2D eigenvalue weighted by atomic mass is 10.0. The summed E-state index contributed by atoms with van der Waals surface area (Å²) in [7, 11) is 0. The van der Waals surface area contributed by atoms with Gasteiger partial charge in [-0.1, -0.05) is 303 Å². The summed E-state index contributed by atoms with van der Waals surface area (Å²) in [6.45, 7) is 6.58. The Balaban J connectivity index is 3.74. The van der Waals surface area contributed by atoms with Crippen molar-refractivity contribution in [1.29, 1.82) is 0 Å². The van der Waals surface area contributed by atoms with Crippen LogP contribution in [0, 0.1) is 0 Å². The van der Waals surface area contributed by atoms with E-state index in [1.807, 2.05) is 0 Å². The zero-order valence-electron chi connectivity index (χ0n) is 44.3. The molecule has 0 aliphatic heterocycles. The van der Waals surface area contributed by atoms with Crippen LogP contribution in [0.4, 0.5) is 0 Å². The molecular weight excluding hydrogens is 805 g/mol.